The Labute approximate surface area is 75.1 Å². The van der Waals surface area contributed by atoms with E-state index in [1.54, 1.807) is 0 Å². The van der Waals surface area contributed by atoms with Crippen molar-refractivity contribution in [3.8, 4) is 0 Å². The van der Waals surface area contributed by atoms with Gasteiger partial charge in [0.05, 0.1) is 0 Å². The van der Waals surface area contributed by atoms with Crippen LogP contribution in [0.5, 0.6) is 0 Å². The summed E-state index contributed by atoms with van der Waals surface area (Å²) in [4.78, 5) is 2.84. The molecule has 0 aromatic heterocycles. The molecule has 0 aromatic carbocycles. The number of hydrogen-bond donors (Lipinski definition) is 0. The van der Waals surface area contributed by atoms with E-state index in [1.165, 1.54) is 38.6 Å². The minimum atomic E-state index is 0.983. The highest BCUT2D eigenvalue weighted by Crippen LogP contribution is 2.45. The second-order valence-corrected chi connectivity index (χ2v) is 5.19. The van der Waals surface area contributed by atoms with Gasteiger partial charge >= 0.3 is 0 Å². The van der Waals surface area contributed by atoms with Crippen LogP contribution >= 0.6 is 0 Å². The highest BCUT2D eigenvalue weighted by atomic mass is 15.2. The van der Waals surface area contributed by atoms with E-state index in [1.807, 2.05) is 0 Å². The van der Waals surface area contributed by atoms with Gasteiger partial charge in [-0.05, 0) is 37.5 Å². The third-order valence-electron chi connectivity index (χ3n) is 4.29. The molecule has 0 radical (unpaired) electrons. The van der Waals surface area contributed by atoms with Crippen molar-refractivity contribution in [1.82, 2.24) is 4.90 Å². The molecule has 3 aliphatic rings. The Morgan fingerprint density at radius 2 is 2.08 bits per heavy atom. The first-order valence-electron chi connectivity index (χ1n) is 5.60. The summed E-state index contributed by atoms with van der Waals surface area (Å²) >= 11 is 0. The molecule has 4 atom stereocenters. The van der Waals surface area contributed by atoms with E-state index in [9.17, 15) is 0 Å². The van der Waals surface area contributed by atoms with Crippen LogP contribution in [0.2, 0.25) is 0 Å². The monoisotopic (exact) mass is 165 g/mol. The first-order valence-corrected chi connectivity index (χ1v) is 5.60. The van der Waals surface area contributed by atoms with Gasteiger partial charge in [0.1, 0.15) is 0 Å². The van der Waals surface area contributed by atoms with E-state index in [-0.39, 0.29) is 0 Å². The van der Waals surface area contributed by atoms with Crippen LogP contribution in [0.25, 0.3) is 0 Å². The molecule has 0 spiro atoms. The van der Waals surface area contributed by atoms with Crippen molar-refractivity contribution in [2.24, 2.45) is 11.8 Å². The van der Waals surface area contributed by atoms with E-state index < -0.39 is 0 Å². The van der Waals surface area contributed by atoms with Crippen molar-refractivity contribution in [1.29, 1.82) is 0 Å². The zero-order chi connectivity index (χ0) is 8.13. The van der Waals surface area contributed by atoms with Crippen LogP contribution in [0.15, 0.2) is 0 Å². The third-order valence-corrected chi connectivity index (χ3v) is 4.29. The Morgan fingerprint density at radius 1 is 1.17 bits per heavy atom. The predicted octanol–water partition coefficient (Wildman–Crippen LogP) is 2.27. The van der Waals surface area contributed by atoms with Crippen LogP contribution in [-0.2, 0) is 0 Å². The summed E-state index contributed by atoms with van der Waals surface area (Å²) in [6, 6.07) is 2.01. The zero-order valence-electron chi connectivity index (χ0n) is 8.00. The number of fused-ring (bicyclic) bond motifs is 3. The van der Waals surface area contributed by atoms with Crippen molar-refractivity contribution < 1.29 is 0 Å². The molecule has 1 aliphatic carbocycles. The SMILES string of the molecule is C[C@@H]1C[C@@H]2C[C@H]3CCC[C@H]3N2C1. The molecule has 0 N–H and O–H groups in total. The summed E-state index contributed by atoms with van der Waals surface area (Å²) < 4.78 is 0. The Hall–Kier alpha value is -0.0400. The van der Waals surface area contributed by atoms with Crippen LogP contribution < -0.4 is 0 Å². The van der Waals surface area contributed by atoms with E-state index in [0.717, 1.165) is 23.9 Å². The molecule has 1 nitrogen and oxygen atoms in total. The maximum absolute atomic E-state index is 2.84. The fourth-order valence-electron chi connectivity index (χ4n) is 3.90. The van der Waals surface area contributed by atoms with Crippen molar-refractivity contribution in [2.45, 2.75) is 51.1 Å². The second kappa shape index (κ2) is 2.47. The van der Waals surface area contributed by atoms with E-state index in [2.05, 4.69) is 11.8 Å². The van der Waals surface area contributed by atoms with Gasteiger partial charge in [-0.3, -0.25) is 4.90 Å². The van der Waals surface area contributed by atoms with Gasteiger partial charge in [-0.25, -0.2) is 0 Å². The van der Waals surface area contributed by atoms with E-state index in [4.69, 9.17) is 0 Å². The van der Waals surface area contributed by atoms with Crippen LogP contribution in [0, 0.1) is 11.8 Å². The zero-order valence-corrected chi connectivity index (χ0v) is 8.00. The third kappa shape index (κ3) is 0.891. The molecule has 2 saturated heterocycles. The fraction of sp³-hybridized carbons (Fsp3) is 1.00. The highest BCUT2D eigenvalue weighted by Gasteiger charge is 2.46. The van der Waals surface area contributed by atoms with E-state index >= 15 is 0 Å². The topological polar surface area (TPSA) is 3.24 Å². The summed E-state index contributed by atoms with van der Waals surface area (Å²) in [6.45, 7) is 3.83. The lowest BCUT2D eigenvalue weighted by atomic mass is 9.97. The van der Waals surface area contributed by atoms with Crippen LogP contribution in [0.4, 0.5) is 0 Å². The first kappa shape index (κ1) is 7.37. The minimum absolute atomic E-state index is 0.983. The van der Waals surface area contributed by atoms with Gasteiger partial charge in [-0.2, -0.15) is 0 Å². The summed E-state index contributed by atoms with van der Waals surface area (Å²) in [5, 5.41) is 0. The molecule has 1 saturated carbocycles. The van der Waals surface area contributed by atoms with Crippen LogP contribution in [0.1, 0.15) is 39.0 Å². The minimum Gasteiger partial charge on any atom is -0.297 e. The molecule has 1 heteroatoms. The molecule has 0 unspecified atom stereocenters. The molecule has 0 amide bonds. The smallest absolute Gasteiger partial charge is 0.0127 e. The van der Waals surface area contributed by atoms with Crippen molar-refractivity contribution in [3.05, 3.63) is 0 Å². The average molecular weight is 165 g/mol. The van der Waals surface area contributed by atoms with Crippen molar-refractivity contribution in [2.75, 3.05) is 6.54 Å². The maximum Gasteiger partial charge on any atom is 0.0127 e. The molecule has 2 aliphatic heterocycles. The standard InChI is InChI=1S/C11H19N/c1-8-5-10-6-9-3-2-4-11(9)12(10)7-8/h8-11H,2-7H2,1H3/t8-,9-,10-,11-/m1/s1. The largest absolute Gasteiger partial charge is 0.297 e. The van der Waals surface area contributed by atoms with E-state index in [0.29, 0.717) is 0 Å². The lowest BCUT2D eigenvalue weighted by Gasteiger charge is -2.22. The summed E-state index contributed by atoms with van der Waals surface area (Å²) in [5.41, 5.74) is 0. The van der Waals surface area contributed by atoms with Gasteiger partial charge in [-0.1, -0.05) is 13.3 Å². The highest BCUT2D eigenvalue weighted by molar-refractivity contribution is 5.01. The summed E-state index contributed by atoms with van der Waals surface area (Å²) in [5.74, 6) is 2.08. The molecule has 68 valence electrons. The fourth-order valence-corrected chi connectivity index (χ4v) is 3.90. The van der Waals surface area contributed by atoms with Gasteiger partial charge in [0, 0.05) is 18.6 Å². The quantitative estimate of drug-likeness (QED) is 0.532. The van der Waals surface area contributed by atoms with Crippen molar-refractivity contribution >= 4 is 0 Å². The second-order valence-electron chi connectivity index (χ2n) is 5.19. The molecular formula is C11H19N. The van der Waals surface area contributed by atoms with Gasteiger partial charge in [0.25, 0.3) is 0 Å². The van der Waals surface area contributed by atoms with Gasteiger partial charge in [-0.15, -0.1) is 0 Å². The Balaban J connectivity index is 1.80. The molecule has 3 rings (SSSR count). The van der Waals surface area contributed by atoms with Crippen LogP contribution in [0.3, 0.4) is 0 Å². The van der Waals surface area contributed by atoms with Gasteiger partial charge < -0.3 is 0 Å². The Kier molecular flexibility index (Phi) is 1.52. The molecular weight excluding hydrogens is 146 g/mol. The maximum atomic E-state index is 2.84. The normalized spacial score (nSPS) is 52.8. The lowest BCUT2D eigenvalue weighted by molar-refractivity contribution is 0.230. The number of hydrogen-bond acceptors (Lipinski definition) is 1. The predicted molar refractivity (Wildman–Crippen MR) is 50.0 cm³/mol. The Bertz CT molecular complexity index is 189. The van der Waals surface area contributed by atoms with Crippen molar-refractivity contribution in [3.63, 3.8) is 0 Å². The molecule has 0 bridgehead atoms. The molecule has 3 fully saturated rings. The Morgan fingerprint density at radius 3 is 3.00 bits per heavy atom. The average Bonchev–Trinajstić information content (AvgIpc) is 2.59. The summed E-state index contributed by atoms with van der Waals surface area (Å²) in [7, 11) is 0. The molecule has 12 heavy (non-hydrogen) atoms. The number of nitrogens with zero attached hydrogens (tertiary/aromatic N) is 1. The molecule has 2 heterocycles. The van der Waals surface area contributed by atoms with Gasteiger partial charge in [0.15, 0.2) is 0 Å². The lowest BCUT2D eigenvalue weighted by Crippen LogP contribution is -2.31. The molecule has 0 aromatic rings. The number of rotatable bonds is 0. The summed E-state index contributed by atoms with van der Waals surface area (Å²) in [6.07, 6.45) is 7.58. The first-order chi connectivity index (χ1) is 5.84. The van der Waals surface area contributed by atoms with Gasteiger partial charge in [0.2, 0.25) is 0 Å². The van der Waals surface area contributed by atoms with Crippen LogP contribution in [-0.4, -0.2) is 23.5 Å².